The van der Waals surface area contributed by atoms with Crippen molar-refractivity contribution < 1.29 is 0 Å². The molecule has 0 radical (unpaired) electrons. The zero-order chi connectivity index (χ0) is 14.5. The predicted octanol–water partition coefficient (Wildman–Crippen LogP) is 4.16. The Labute approximate surface area is 123 Å². The highest BCUT2D eigenvalue weighted by atomic mass is 32.1. The molecule has 0 aromatic carbocycles. The van der Waals surface area contributed by atoms with Gasteiger partial charge in [-0.15, -0.1) is 11.3 Å². The summed E-state index contributed by atoms with van der Waals surface area (Å²) in [5.74, 6) is 0. The molecular weight excluding hydrogens is 252 g/mol. The number of nitrogens with one attached hydrogen (secondary N) is 1. The molecule has 0 spiro atoms. The molecule has 3 heteroatoms. The fourth-order valence-corrected chi connectivity index (χ4v) is 3.08. The van der Waals surface area contributed by atoms with Crippen LogP contribution in [0.15, 0.2) is 17.5 Å². The van der Waals surface area contributed by atoms with Crippen LogP contribution in [-0.4, -0.2) is 31.1 Å². The molecule has 2 atom stereocenters. The Kier molecular flexibility index (Phi) is 6.51. The van der Waals surface area contributed by atoms with E-state index in [1.165, 1.54) is 11.3 Å². The second-order valence-electron chi connectivity index (χ2n) is 6.31. The maximum absolute atomic E-state index is 3.59. The lowest BCUT2D eigenvalue weighted by Crippen LogP contribution is -2.43. The van der Waals surface area contributed by atoms with E-state index in [1.54, 1.807) is 0 Å². The van der Waals surface area contributed by atoms with Crippen molar-refractivity contribution in [2.45, 2.75) is 53.1 Å². The quantitative estimate of drug-likeness (QED) is 0.770. The van der Waals surface area contributed by atoms with Crippen molar-refractivity contribution in [3.63, 3.8) is 0 Å². The van der Waals surface area contributed by atoms with Crippen LogP contribution < -0.4 is 5.32 Å². The Morgan fingerprint density at radius 1 is 1.37 bits per heavy atom. The van der Waals surface area contributed by atoms with E-state index in [4.69, 9.17) is 0 Å². The molecule has 0 saturated heterocycles. The lowest BCUT2D eigenvalue weighted by atomic mass is 9.86. The van der Waals surface area contributed by atoms with Crippen molar-refractivity contribution in [3.05, 3.63) is 22.4 Å². The first-order valence-electron chi connectivity index (χ1n) is 7.35. The minimum Gasteiger partial charge on any atom is -0.314 e. The normalized spacial score (nSPS) is 16.8. The molecule has 0 saturated carbocycles. The number of nitrogens with zero attached hydrogens (tertiary/aromatic N) is 1. The standard InChI is InChI=1S/C16H30N2S/c1-7-16(5,11-17-13(2)3)12-18(6)14(4)15-9-8-10-19-15/h8-10,13-14,17H,7,11-12H2,1-6H3. The average molecular weight is 282 g/mol. The summed E-state index contributed by atoms with van der Waals surface area (Å²) >= 11 is 1.85. The van der Waals surface area contributed by atoms with Gasteiger partial charge in [0.1, 0.15) is 0 Å². The molecule has 0 aliphatic heterocycles. The van der Waals surface area contributed by atoms with Crippen molar-refractivity contribution in [2.24, 2.45) is 5.41 Å². The fraction of sp³-hybridized carbons (Fsp3) is 0.750. The minimum atomic E-state index is 0.338. The van der Waals surface area contributed by atoms with E-state index in [0.29, 0.717) is 17.5 Å². The zero-order valence-electron chi connectivity index (χ0n) is 13.4. The highest BCUT2D eigenvalue weighted by Crippen LogP contribution is 2.28. The van der Waals surface area contributed by atoms with E-state index >= 15 is 0 Å². The second kappa shape index (κ2) is 7.41. The van der Waals surface area contributed by atoms with Gasteiger partial charge in [-0.2, -0.15) is 0 Å². The smallest absolute Gasteiger partial charge is 0.0410 e. The van der Waals surface area contributed by atoms with Crippen LogP contribution in [0.3, 0.4) is 0 Å². The molecule has 110 valence electrons. The van der Waals surface area contributed by atoms with Crippen LogP contribution >= 0.6 is 11.3 Å². The Hall–Kier alpha value is -0.380. The second-order valence-corrected chi connectivity index (χ2v) is 7.29. The first kappa shape index (κ1) is 16.7. The van der Waals surface area contributed by atoms with Gasteiger partial charge in [-0.3, -0.25) is 4.90 Å². The van der Waals surface area contributed by atoms with E-state index < -0.39 is 0 Å². The van der Waals surface area contributed by atoms with Gasteiger partial charge < -0.3 is 5.32 Å². The Morgan fingerprint density at radius 3 is 2.53 bits per heavy atom. The van der Waals surface area contributed by atoms with Gasteiger partial charge in [-0.05, 0) is 37.3 Å². The van der Waals surface area contributed by atoms with Crippen molar-refractivity contribution in [1.82, 2.24) is 10.2 Å². The van der Waals surface area contributed by atoms with Crippen LogP contribution in [0.5, 0.6) is 0 Å². The molecule has 0 bridgehead atoms. The summed E-state index contributed by atoms with van der Waals surface area (Å²) < 4.78 is 0. The topological polar surface area (TPSA) is 15.3 Å². The van der Waals surface area contributed by atoms with Crippen molar-refractivity contribution in [3.8, 4) is 0 Å². The highest BCUT2D eigenvalue weighted by Gasteiger charge is 2.26. The fourth-order valence-electron chi connectivity index (χ4n) is 2.23. The zero-order valence-corrected chi connectivity index (χ0v) is 14.2. The van der Waals surface area contributed by atoms with E-state index in [2.05, 4.69) is 69.4 Å². The summed E-state index contributed by atoms with van der Waals surface area (Å²) in [4.78, 5) is 3.94. The Balaban J connectivity index is 2.59. The van der Waals surface area contributed by atoms with Gasteiger partial charge in [-0.25, -0.2) is 0 Å². The van der Waals surface area contributed by atoms with Gasteiger partial charge >= 0.3 is 0 Å². The van der Waals surface area contributed by atoms with E-state index in [9.17, 15) is 0 Å². The number of hydrogen-bond acceptors (Lipinski definition) is 3. The van der Waals surface area contributed by atoms with Gasteiger partial charge in [0.25, 0.3) is 0 Å². The number of thiophene rings is 1. The van der Waals surface area contributed by atoms with Crippen LogP contribution in [0, 0.1) is 5.41 Å². The third-order valence-corrected chi connectivity index (χ3v) is 5.08. The summed E-state index contributed by atoms with van der Waals surface area (Å²) in [6.07, 6.45) is 1.20. The molecule has 2 nitrogen and oxygen atoms in total. The third-order valence-electron chi connectivity index (χ3n) is 4.04. The third kappa shape index (κ3) is 5.25. The average Bonchev–Trinajstić information content (AvgIpc) is 2.89. The highest BCUT2D eigenvalue weighted by molar-refractivity contribution is 7.10. The monoisotopic (exact) mass is 282 g/mol. The van der Waals surface area contributed by atoms with Crippen LogP contribution in [0.4, 0.5) is 0 Å². The summed E-state index contributed by atoms with van der Waals surface area (Å²) in [6, 6.07) is 5.45. The molecule has 1 aromatic heterocycles. The van der Waals surface area contributed by atoms with Gasteiger partial charge in [0, 0.05) is 30.1 Å². The Morgan fingerprint density at radius 2 is 2.05 bits per heavy atom. The SMILES string of the molecule is CCC(C)(CNC(C)C)CN(C)C(C)c1cccs1. The predicted molar refractivity (Wildman–Crippen MR) is 86.9 cm³/mol. The first-order chi connectivity index (χ1) is 8.88. The van der Waals surface area contributed by atoms with Crippen molar-refractivity contribution in [2.75, 3.05) is 20.1 Å². The molecule has 0 amide bonds. The molecule has 0 aliphatic carbocycles. The van der Waals surface area contributed by atoms with E-state index in [1.807, 2.05) is 11.3 Å². The van der Waals surface area contributed by atoms with Gasteiger partial charge in [0.2, 0.25) is 0 Å². The lowest BCUT2D eigenvalue weighted by Gasteiger charge is -2.36. The molecule has 0 aliphatic rings. The van der Waals surface area contributed by atoms with E-state index in [-0.39, 0.29) is 0 Å². The van der Waals surface area contributed by atoms with E-state index in [0.717, 1.165) is 13.1 Å². The minimum absolute atomic E-state index is 0.338. The summed E-state index contributed by atoms with van der Waals surface area (Å²) in [6.45, 7) is 13.6. The molecule has 0 fully saturated rings. The molecule has 1 N–H and O–H groups in total. The van der Waals surface area contributed by atoms with Gasteiger partial charge in [0.15, 0.2) is 0 Å². The summed E-state index contributed by atoms with van der Waals surface area (Å²) in [5, 5.41) is 5.76. The maximum Gasteiger partial charge on any atom is 0.0410 e. The van der Waals surface area contributed by atoms with Crippen LogP contribution in [0.25, 0.3) is 0 Å². The summed E-state index contributed by atoms with van der Waals surface area (Å²) in [7, 11) is 2.24. The molecular formula is C16H30N2S. The number of rotatable bonds is 8. The van der Waals surface area contributed by atoms with Gasteiger partial charge in [0.05, 0.1) is 0 Å². The van der Waals surface area contributed by atoms with Gasteiger partial charge in [-0.1, -0.05) is 33.8 Å². The van der Waals surface area contributed by atoms with Crippen LogP contribution in [0.1, 0.15) is 52.0 Å². The van der Waals surface area contributed by atoms with Crippen molar-refractivity contribution >= 4 is 11.3 Å². The molecule has 1 heterocycles. The lowest BCUT2D eigenvalue weighted by molar-refractivity contribution is 0.147. The summed E-state index contributed by atoms with van der Waals surface area (Å²) in [5.41, 5.74) is 0.338. The Bertz CT molecular complexity index is 348. The first-order valence-corrected chi connectivity index (χ1v) is 8.23. The van der Waals surface area contributed by atoms with Crippen molar-refractivity contribution in [1.29, 1.82) is 0 Å². The van der Waals surface area contributed by atoms with Crippen LogP contribution in [0.2, 0.25) is 0 Å². The largest absolute Gasteiger partial charge is 0.314 e. The molecule has 1 rings (SSSR count). The molecule has 1 aromatic rings. The van der Waals surface area contributed by atoms with Crippen LogP contribution in [-0.2, 0) is 0 Å². The number of hydrogen-bond donors (Lipinski definition) is 1. The molecule has 19 heavy (non-hydrogen) atoms. The maximum atomic E-state index is 3.59. The molecule has 2 unspecified atom stereocenters.